The van der Waals surface area contributed by atoms with Gasteiger partial charge in [-0.1, -0.05) is 13.8 Å². The lowest BCUT2D eigenvalue weighted by molar-refractivity contribution is -0.132. The predicted molar refractivity (Wildman–Crippen MR) is 127 cm³/mol. The number of rotatable bonds is 4. The lowest BCUT2D eigenvalue weighted by Crippen LogP contribution is -2.50. The Labute approximate surface area is 198 Å². The number of ketones is 1. The Balaban J connectivity index is 1.32. The van der Waals surface area contributed by atoms with Crippen LogP contribution >= 0.6 is 0 Å². The minimum atomic E-state index is -0.482. The number of hydrogen-bond acceptors (Lipinski definition) is 4. The molecule has 5 heteroatoms. The maximum Gasteiger partial charge on any atom is 0.138 e. The van der Waals surface area contributed by atoms with Gasteiger partial charge in [-0.15, -0.1) is 0 Å². The van der Waals surface area contributed by atoms with Crippen LogP contribution in [0.4, 0.5) is 0 Å². The van der Waals surface area contributed by atoms with Crippen LogP contribution in [0.5, 0.6) is 0 Å². The molecule has 8 atom stereocenters. The van der Waals surface area contributed by atoms with E-state index in [1.807, 2.05) is 0 Å². The lowest BCUT2D eigenvalue weighted by atomic mass is 9.48. The Morgan fingerprint density at radius 1 is 1.15 bits per heavy atom. The minimum Gasteiger partial charge on any atom is -0.390 e. The van der Waals surface area contributed by atoms with E-state index in [9.17, 15) is 9.90 Å². The van der Waals surface area contributed by atoms with Crippen molar-refractivity contribution in [2.24, 2.45) is 40.4 Å². The number of aliphatic hydroxyl groups is 1. The summed E-state index contributed by atoms with van der Waals surface area (Å²) < 4.78 is 1.74. The van der Waals surface area contributed by atoms with Gasteiger partial charge in [-0.05, 0) is 106 Å². The summed E-state index contributed by atoms with van der Waals surface area (Å²) in [6, 6.07) is 2.11. The highest BCUT2D eigenvalue weighted by Gasteiger charge is 2.61. The van der Waals surface area contributed by atoms with Gasteiger partial charge in [0, 0.05) is 25.1 Å². The van der Waals surface area contributed by atoms with Crippen LogP contribution in [0.15, 0.2) is 12.4 Å². The van der Waals surface area contributed by atoms with Crippen LogP contribution in [-0.2, 0) is 11.3 Å². The highest BCUT2D eigenvalue weighted by molar-refractivity contribution is 5.82. The largest absolute Gasteiger partial charge is 0.390 e. The molecule has 0 unspecified atom stereocenters. The van der Waals surface area contributed by atoms with Crippen LogP contribution in [-0.4, -0.2) is 26.3 Å². The number of nitrogens with zero attached hydrogens (tertiary/aromatic N) is 3. The Kier molecular flexibility index (Phi) is 5.75. The van der Waals surface area contributed by atoms with Crippen molar-refractivity contribution in [2.75, 3.05) is 0 Å². The molecule has 0 aliphatic heterocycles. The summed E-state index contributed by atoms with van der Waals surface area (Å²) in [4.78, 5) is 13.5. The molecule has 5 nitrogen and oxygen atoms in total. The summed E-state index contributed by atoms with van der Waals surface area (Å²) in [5, 5.41) is 24.1. The maximum atomic E-state index is 13.5. The van der Waals surface area contributed by atoms with Crippen LogP contribution in [0.3, 0.4) is 0 Å². The summed E-state index contributed by atoms with van der Waals surface area (Å²) in [7, 11) is 0. The average molecular weight is 452 g/mol. The molecule has 33 heavy (non-hydrogen) atoms. The first-order valence-electron chi connectivity index (χ1n) is 13.3. The van der Waals surface area contributed by atoms with Gasteiger partial charge < -0.3 is 5.11 Å². The molecule has 1 aromatic heterocycles. The van der Waals surface area contributed by atoms with Crippen molar-refractivity contribution in [2.45, 2.75) is 104 Å². The highest BCUT2D eigenvalue weighted by atomic mass is 16.3. The van der Waals surface area contributed by atoms with E-state index in [1.165, 1.54) is 44.9 Å². The molecule has 0 saturated heterocycles. The molecule has 1 N–H and O–H groups in total. The van der Waals surface area contributed by atoms with E-state index in [4.69, 9.17) is 5.26 Å². The molecule has 180 valence electrons. The fourth-order valence-corrected chi connectivity index (χ4v) is 9.28. The molecule has 0 radical (unpaired) electrons. The normalized spacial score (nSPS) is 44.8. The molecular formula is C28H41N3O2. The number of aromatic nitrogens is 2. The number of aryl methyl sites for hydroxylation is 1. The summed E-state index contributed by atoms with van der Waals surface area (Å²) in [6.45, 7) is 7.64. The fourth-order valence-electron chi connectivity index (χ4n) is 9.28. The number of nitriles is 1. The van der Waals surface area contributed by atoms with E-state index >= 15 is 0 Å². The van der Waals surface area contributed by atoms with Crippen LogP contribution in [0.25, 0.3) is 0 Å². The molecule has 4 fully saturated rings. The standard InChI is InChI=1S/C28H41N3O2/c1-26(33)10-7-21-14-19(15-26)6-11-27(2)22(21)8-12-28(3)23(4-5-25(27)28)24(32)9-13-31-18-20(16-29)17-30-31/h17-19,21-23,25,33H,4-15H2,1-3H3/t19-,21+,22-,23-,25+,26-,27-,28-/m1/s1. The number of carbonyl (C=O) groups is 1. The first kappa shape index (κ1) is 23.1. The summed E-state index contributed by atoms with van der Waals surface area (Å²) in [6.07, 6.45) is 15.4. The van der Waals surface area contributed by atoms with Crippen molar-refractivity contribution in [3.05, 3.63) is 18.0 Å². The van der Waals surface area contributed by atoms with E-state index in [2.05, 4.69) is 31.9 Å². The highest BCUT2D eigenvalue weighted by Crippen LogP contribution is 2.68. The van der Waals surface area contributed by atoms with Gasteiger partial charge in [0.2, 0.25) is 0 Å². The molecule has 0 aromatic carbocycles. The molecule has 5 rings (SSSR count). The number of Topliss-reactive ketones (excluding diaryl/α,β-unsaturated/α-hetero) is 1. The second-order valence-corrected chi connectivity index (χ2v) is 12.8. The molecular weight excluding hydrogens is 410 g/mol. The SMILES string of the molecule is C[C@@]1(O)CC[C@H]2C[C@@H](CC[C@@]3(C)[C@@H]4CC[C@H](C(=O)CCn5cc(C#N)cn5)[C@@]4(C)CC[C@H]23)C1. The van der Waals surface area contributed by atoms with Crippen molar-refractivity contribution >= 4 is 5.78 Å². The number of hydrogen-bond donors (Lipinski definition) is 1. The predicted octanol–water partition coefficient (Wildman–Crippen LogP) is 5.51. The van der Waals surface area contributed by atoms with E-state index in [0.29, 0.717) is 41.6 Å². The second kappa shape index (κ2) is 8.22. The smallest absolute Gasteiger partial charge is 0.138 e. The van der Waals surface area contributed by atoms with Crippen molar-refractivity contribution in [3.8, 4) is 6.07 Å². The van der Waals surface area contributed by atoms with Gasteiger partial charge in [0.05, 0.1) is 17.4 Å². The molecule has 1 aromatic rings. The Morgan fingerprint density at radius 3 is 2.70 bits per heavy atom. The van der Waals surface area contributed by atoms with Crippen LogP contribution in [0, 0.1) is 51.8 Å². The van der Waals surface area contributed by atoms with Crippen LogP contribution in [0.2, 0.25) is 0 Å². The van der Waals surface area contributed by atoms with Crippen LogP contribution < -0.4 is 0 Å². The number of fused-ring (bicyclic) bond motifs is 6. The molecule has 4 aliphatic rings. The van der Waals surface area contributed by atoms with Crippen molar-refractivity contribution in [1.29, 1.82) is 5.26 Å². The van der Waals surface area contributed by atoms with E-state index in [0.717, 1.165) is 31.1 Å². The van der Waals surface area contributed by atoms with Crippen molar-refractivity contribution < 1.29 is 9.90 Å². The Bertz CT molecular complexity index is 945. The van der Waals surface area contributed by atoms with Gasteiger partial charge in [-0.3, -0.25) is 9.48 Å². The summed E-state index contributed by atoms with van der Waals surface area (Å²) in [5.74, 6) is 3.34. The summed E-state index contributed by atoms with van der Waals surface area (Å²) >= 11 is 0. The Morgan fingerprint density at radius 2 is 1.94 bits per heavy atom. The van der Waals surface area contributed by atoms with Gasteiger partial charge in [-0.25, -0.2) is 0 Å². The molecule has 0 amide bonds. The third-order valence-electron chi connectivity index (χ3n) is 10.8. The molecule has 0 spiro atoms. The topological polar surface area (TPSA) is 78.9 Å². The van der Waals surface area contributed by atoms with Gasteiger partial charge >= 0.3 is 0 Å². The second-order valence-electron chi connectivity index (χ2n) is 12.8. The first-order chi connectivity index (χ1) is 15.6. The maximum absolute atomic E-state index is 13.5. The fraction of sp³-hybridized carbons (Fsp3) is 0.821. The van der Waals surface area contributed by atoms with Crippen molar-refractivity contribution in [1.82, 2.24) is 9.78 Å². The molecule has 1 heterocycles. The number of carbonyl (C=O) groups excluding carboxylic acids is 1. The zero-order valence-electron chi connectivity index (χ0n) is 20.7. The quantitative estimate of drug-likeness (QED) is 0.654. The monoisotopic (exact) mass is 451 g/mol. The zero-order chi connectivity index (χ0) is 23.4. The van der Waals surface area contributed by atoms with Gasteiger partial charge in [0.15, 0.2) is 0 Å². The van der Waals surface area contributed by atoms with Crippen molar-refractivity contribution in [3.63, 3.8) is 0 Å². The van der Waals surface area contributed by atoms with Gasteiger partial charge in [0.25, 0.3) is 0 Å². The summed E-state index contributed by atoms with van der Waals surface area (Å²) in [5.41, 5.74) is 0.514. The first-order valence-corrected chi connectivity index (χ1v) is 13.3. The average Bonchev–Trinajstić information content (AvgIpc) is 3.30. The van der Waals surface area contributed by atoms with E-state index in [-0.39, 0.29) is 11.3 Å². The van der Waals surface area contributed by atoms with E-state index < -0.39 is 5.60 Å². The Hall–Kier alpha value is -1.67. The third kappa shape index (κ3) is 3.97. The minimum absolute atomic E-state index is 0.115. The molecule has 2 bridgehead atoms. The van der Waals surface area contributed by atoms with Gasteiger partial charge in [0.1, 0.15) is 11.9 Å². The van der Waals surface area contributed by atoms with E-state index in [1.54, 1.807) is 17.1 Å². The molecule has 4 saturated carbocycles. The zero-order valence-corrected chi connectivity index (χ0v) is 20.7. The lowest BCUT2D eigenvalue weighted by Gasteiger charge is -2.56. The van der Waals surface area contributed by atoms with Crippen LogP contribution in [0.1, 0.15) is 97.0 Å². The molecule has 4 aliphatic carbocycles. The van der Waals surface area contributed by atoms with Gasteiger partial charge in [-0.2, -0.15) is 10.4 Å². The third-order valence-corrected chi connectivity index (χ3v) is 10.8.